The summed E-state index contributed by atoms with van der Waals surface area (Å²) in [6, 6.07) is 4.51. The van der Waals surface area contributed by atoms with Crippen LogP contribution in [0.25, 0.3) is 0 Å². The Bertz CT molecular complexity index is 752. The lowest BCUT2D eigenvalue weighted by Crippen LogP contribution is -2.23. The number of carbonyl (C=O) groups excluding carboxylic acids is 1. The highest BCUT2D eigenvalue weighted by Gasteiger charge is 2.33. The molecule has 8 heteroatoms. The minimum absolute atomic E-state index is 0.00171. The third kappa shape index (κ3) is 2.36. The van der Waals surface area contributed by atoms with Gasteiger partial charge < -0.3 is 15.1 Å². The van der Waals surface area contributed by atoms with Crippen LogP contribution in [0.3, 0.4) is 0 Å². The predicted molar refractivity (Wildman–Crippen MR) is 75.4 cm³/mol. The summed E-state index contributed by atoms with van der Waals surface area (Å²) in [6.07, 6.45) is 0. The molecule has 2 N–H and O–H groups in total. The molecule has 108 valence electrons. The molecule has 0 unspecified atom stereocenters. The molecule has 3 rings (SSSR count). The Hall–Kier alpha value is -2.05. The van der Waals surface area contributed by atoms with Crippen molar-refractivity contribution < 1.29 is 15.0 Å². The molecule has 2 aromatic rings. The van der Waals surface area contributed by atoms with Gasteiger partial charge in [0.15, 0.2) is 0 Å². The number of amides is 1. The van der Waals surface area contributed by atoms with Gasteiger partial charge in [0.05, 0.1) is 22.2 Å². The fraction of sp³-hybridized carbons (Fsp3) is 0.154. The van der Waals surface area contributed by atoms with E-state index in [4.69, 9.17) is 23.2 Å². The molecule has 0 atom stereocenters. The summed E-state index contributed by atoms with van der Waals surface area (Å²) in [5.41, 5.74) is 0.969. The van der Waals surface area contributed by atoms with Crippen molar-refractivity contribution in [3.05, 3.63) is 45.1 Å². The Morgan fingerprint density at radius 3 is 2.76 bits per heavy atom. The molecule has 0 aliphatic carbocycles. The van der Waals surface area contributed by atoms with Crippen LogP contribution in [0.5, 0.6) is 11.9 Å². The lowest BCUT2D eigenvalue weighted by atomic mass is 10.2. The van der Waals surface area contributed by atoms with E-state index in [-0.39, 0.29) is 24.3 Å². The summed E-state index contributed by atoms with van der Waals surface area (Å²) >= 11 is 12.0. The molecule has 0 saturated carbocycles. The van der Waals surface area contributed by atoms with Gasteiger partial charge >= 0.3 is 6.01 Å². The van der Waals surface area contributed by atoms with Crippen LogP contribution in [0, 0.1) is 0 Å². The van der Waals surface area contributed by atoms with Crippen LogP contribution in [0.15, 0.2) is 18.2 Å². The number of rotatable bonds is 2. The monoisotopic (exact) mass is 325 g/mol. The van der Waals surface area contributed by atoms with E-state index in [1.165, 1.54) is 4.90 Å². The lowest BCUT2D eigenvalue weighted by molar-refractivity contribution is 0.0762. The van der Waals surface area contributed by atoms with E-state index in [2.05, 4.69) is 9.97 Å². The average molecular weight is 326 g/mol. The normalized spacial score (nSPS) is 13.6. The van der Waals surface area contributed by atoms with Crippen molar-refractivity contribution in [2.45, 2.75) is 13.1 Å². The van der Waals surface area contributed by atoms with E-state index < -0.39 is 17.8 Å². The zero-order chi connectivity index (χ0) is 15.1. The molecule has 0 saturated heterocycles. The highest BCUT2D eigenvalue weighted by atomic mass is 35.5. The summed E-state index contributed by atoms with van der Waals surface area (Å²) in [4.78, 5) is 20.8. The van der Waals surface area contributed by atoms with Crippen molar-refractivity contribution in [2.24, 2.45) is 0 Å². The van der Waals surface area contributed by atoms with Crippen molar-refractivity contribution in [3.8, 4) is 11.9 Å². The van der Waals surface area contributed by atoms with Gasteiger partial charge in [0.2, 0.25) is 5.88 Å². The summed E-state index contributed by atoms with van der Waals surface area (Å²) < 4.78 is 0. The smallest absolute Gasteiger partial charge is 0.317 e. The zero-order valence-electron chi connectivity index (χ0n) is 10.5. The van der Waals surface area contributed by atoms with Crippen molar-refractivity contribution in [2.75, 3.05) is 0 Å². The maximum atomic E-state index is 12.2. The van der Waals surface area contributed by atoms with Crippen LogP contribution in [-0.4, -0.2) is 31.0 Å². The van der Waals surface area contributed by atoms with E-state index in [1.54, 1.807) is 18.2 Å². The Morgan fingerprint density at radius 2 is 2.00 bits per heavy atom. The summed E-state index contributed by atoms with van der Waals surface area (Å²) in [5.74, 6) is -0.806. The second-order valence-electron chi connectivity index (χ2n) is 4.55. The van der Waals surface area contributed by atoms with E-state index in [1.807, 2.05) is 0 Å². The van der Waals surface area contributed by atoms with Gasteiger partial charge in [0, 0.05) is 6.54 Å². The second-order valence-corrected chi connectivity index (χ2v) is 5.33. The van der Waals surface area contributed by atoms with Gasteiger partial charge in [0.25, 0.3) is 5.91 Å². The molecular weight excluding hydrogens is 317 g/mol. The Balaban J connectivity index is 1.92. The number of aromatic hydroxyl groups is 2. The van der Waals surface area contributed by atoms with Gasteiger partial charge in [-0.1, -0.05) is 35.3 Å². The van der Waals surface area contributed by atoms with Crippen LogP contribution in [0.2, 0.25) is 10.0 Å². The molecule has 1 aromatic carbocycles. The number of nitrogens with zero attached hydrogens (tertiary/aromatic N) is 3. The Kier molecular flexibility index (Phi) is 3.35. The van der Waals surface area contributed by atoms with Crippen molar-refractivity contribution in [1.82, 2.24) is 14.9 Å². The van der Waals surface area contributed by atoms with E-state index in [9.17, 15) is 15.0 Å². The summed E-state index contributed by atoms with van der Waals surface area (Å²) in [5, 5.41) is 19.7. The van der Waals surface area contributed by atoms with E-state index in [0.717, 1.165) is 0 Å². The first-order valence-electron chi connectivity index (χ1n) is 5.98. The minimum Gasteiger partial charge on any atom is -0.493 e. The molecule has 6 nitrogen and oxygen atoms in total. The van der Waals surface area contributed by atoms with Crippen LogP contribution in [-0.2, 0) is 13.1 Å². The van der Waals surface area contributed by atoms with Crippen molar-refractivity contribution >= 4 is 29.1 Å². The van der Waals surface area contributed by atoms with Crippen LogP contribution < -0.4 is 0 Å². The topological polar surface area (TPSA) is 86.5 Å². The molecule has 1 aliphatic heterocycles. The third-order valence-corrected chi connectivity index (χ3v) is 4.06. The predicted octanol–water partition coefficient (Wildman–Crippen LogP) is 2.35. The molecule has 1 amide bonds. The number of hydrogen-bond acceptors (Lipinski definition) is 5. The van der Waals surface area contributed by atoms with Crippen LogP contribution in [0.4, 0.5) is 0 Å². The van der Waals surface area contributed by atoms with Gasteiger partial charge in [-0.15, -0.1) is 0 Å². The number of hydrogen-bond donors (Lipinski definition) is 2. The number of carbonyl (C=O) groups is 1. The SMILES string of the molecule is O=C1c2nc(O)nc(O)c2CN1Cc1cccc(Cl)c1Cl. The fourth-order valence-electron chi connectivity index (χ4n) is 2.20. The standard InChI is InChI=1S/C13H9Cl2N3O3/c14-8-3-1-2-6(9(8)15)4-18-5-7-10(12(18)20)16-13(21)17-11(7)19/h1-3H,4-5H2,(H2,16,17,19,21). The molecule has 0 bridgehead atoms. The van der Waals surface area contributed by atoms with Gasteiger partial charge in [-0.25, -0.2) is 0 Å². The zero-order valence-corrected chi connectivity index (χ0v) is 12.1. The van der Waals surface area contributed by atoms with E-state index >= 15 is 0 Å². The summed E-state index contributed by atoms with van der Waals surface area (Å²) in [6.45, 7) is 0.359. The van der Waals surface area contributed by atoms with Crippen molar-refractivity contribution in [3.63, 3.8) is 0 Å². The molecular formula is C13H9Cl2N3O3. The quantitative estimate of drug-likeness (QED) is 0.885. The number of halogens is 2. The van der Waals surface area contributed by atoms with Crippen LogP contribution >= 0.6 is 23.2 Å². The average Bonchev–Trinajstić information content (AvgIpc) is 2.73. The largest absolute Gasteiger partial charge is 0.493 e. The number of benzene rings is 1. The third-order valence-electron chi connectivity index (χ3n) is 3.21. The van der Waals surface area contributed by atoms with Gasteiger partial charge in [0.1, 0.15) is 5.69 Å². The fourth-order valence-corrected chi connectivity index (χ4v) is 2.58. The molecule has 0 radical (unpaired) electrons. The first-order chi connectivity index (χ1) is 9.97. The Morgan fingerprint density at radius 1 is 1.24 bits per heavy atom. The molecule has 0 fully saturated rings. The first kappa shape index (κ1) is 13.9. The van der Waals surface area contributed by atoms with Crippen LogP contribution in [0.1, 0.15) is 21.6 Å². The molecule has 1 aromatic heterocycles. The molecule has 2 heterocycles. The highest BCUT2D eigenvalue weighted by molar-refractivity contribution is 6.42. The van der Waals surface area contributed by atoms with Gasteiger partial charge in [-0.05, 0) is 11.6 Å². The maximum absolute atomic E-state index is 12.2. The molecule has 0 spiro atoms. The number of fused-ring (bicyclic) bond motifs is 1. The van der Waals surface area contributed by atoms with Gasteiger partial charge in [-0.2, -0.15) is 9.97 Å². The van der Waals surface area contributed by atoms with E-state index in [0.29, 0.717) is 15.6 Å². The lowest BCUT2D eigenvalue weighted by Gasteiger charge is -2.16. The van der Waals surface area contributed by atoms with Gasteiger partial charge in [-0.3, -0.25) is 4.79 Å². The second kappa shape index (κ2) is 5.05. The molecule has 1 aliphatic rings. The number of aromatic nitrogens is 2. The minimum atomic E-state index is -0.637. The highest BCUT2D eigenvalue weighted by Crippen LogP contribution is 2.32. The molecule has 21 heavy (non-hydrogen) atoms. The first-order valence-corrected chi connectivity index (χ1v) is 6.74. The summed E-state index contributed by atoms with van der Waals surface area (Å²) in [7, 11) is 0. The van der Waals surface area contributed by atoms with Crippen molar-refractivity contribution in [1.29, 1.82) is 0 Å². The Labute approximate surface area is 129 Å². The maximum Gasteiger partial charge on any atom is 0.317 e.